The summed E-state index contributed by atoms with van der Waals surface area (Å²) in [6.45, 7) is 19.2. The second-order valence-electron chi connectivity index (χ2n) is 7.36. The molecule has 0 aliphatic rings. The van der Waals surface area contributed by atoms with Crippen LogP contribution in [0.2, 0.25) is 18.1 Å². The molecule has 18 heavy (non-hydrogen) atoms. The van der Waals surface area contributed by atoms with E-state index < -0.39 is 8.32 Å². The average molecular weight is 271 g/mol. The van der Waals surface area contributed by atoms with Gasteiger partial charge in [0.15, 0.2) is 8.32 Å². The van der Waals surface area contributed by atoms with Crippen molar-refractivity contribution in [1.82, 2.24) is 0 Å². The number of allylic oxidation sites excluding steroid dienone is 2. The van der Waals surface area contributed by atoms with Crippen molar-refractivity contribution in [3.05, 3.63) is 11.6 Å². The van der Waals surface area contributed by atoms with Crippen molar-refractivity contribution in [1.29, 1.82) is 0 Å². The highest BCUT2D eigenvalue weighted by Gasteiger charge is 2.36. The zero-order chi connectivity index (χ0) is 14.4. The Morgan fingerprint density at radius 3 is 2.17 bits per heavy atom. The lowest BCUT2D eigenvalue weighted by Crippen LogP contribution is -2.41. The largest absolute Gasteiger partial charge is 0.417 e. The quantitative estimate of drug-likeness (QED) is 0.421. The van der Waals surface area contributed by atoms with Gasteiger partial charge in [0.2, 0.25) is 0 Å². The maximum Gasteiger partial charge on any atom is 0.191 e. The zero-order valence-corrected chi connectivity index (χ0v) is 14.9. The third-order valence-electron chi connectivity index (χ3n) is 4.09. The molecule has 0 aliphatic heterocycles. The highest BCUT2D eigenvalue weighted by molar-refractivity contribution is 6.74. The Morgan fingerprint density at radius 1 is 1.17 bits per heavy atom. The topological polar surface area (TPSA) is 9.23 Å². The summed E-state index contributed by atoms with van der Waals surface area (Å²) >= 11 is 0. The Morgan fingerprint density at radius 2 is 1.72 bits per heavy atom. The summed E-state index contributed by atoms with van der Waals surface area (Å²) in [4.78, 5) is 0. The normalized spacial score (nSPS) is 14.4. The van der Waals surface area contributed by atoms with E-state index in [1.165, 1.54) is 24.8 Å². The second-order valence-corrected chi connectivity index (χ2v) is 12.2. The lowest BCUT2D eigenvalue weighted by molar-refractivity contribution is 0.257. The first-order chi connectivity index (χ1) is 8.06. The molecule has 2 heteroatoms. The molecular weight excluding hydrogens is 236 g/mol. The van der Waals surface area contributed by atoms with Gasteiger partial charge in [0, 0.05) is 6.61 Å². The summed E-state index contributed by atoms with van der Waals surface area (Å²) in [6, 6.07) is 0. The molecule has 0 rings (SSSR count). The van der Waals surface area contributed by atoms with Crippen LogP contribution in [0, 0.1) is 5.92 Å². The van der Waals surface area contributed by atoms with Crippen molar-refractivity contribution in [3.8, 4) is 0 Å². The van der Waals surface area contributed by atoms with E-state index in [0.717, 1.165) is 12.5 Å². The van der Waals surface area contributed by atoms with Gasteiger partial charge >= 0.3 is 0 Å². The van der Waals surface area contributed by atoms with E-state index >= 15 is 0 Å². The fourth-order valence-corrected chi connectivity index (χ4v) is 2.59. The molecular formula is C16H34OSi. The minimum atomic E-state index is -1.53. The molecule has 0 saturated carbocycles. The molecule has 0 aliphatic carbocycles. The molecule has 108 valence electrons. The van der Waals surface area contributed by atoms with Crippen molar-refractivity contribution in [2.75, 3.05) is 6.61 Å². The Labute approximate surface area is 116 Å². The van der Waals surface area contributed by atoms with Gasteiger partial charge < -0.3 is 4.43 Å². The molecule has 0 fully saturated rings. The van der Waals surface area contributed by atoms with Gasteiger partial charge in [0.25, 0.3) is 0 Å². The molecule has 0 aromatic heterocycles. The molecule has 0 saturated heterocycles. The standard InChI is InChI=1S/C16H34OSi/c1-14(2)10-9-11-15(3)12-13-17-18(7,8)16(4,5)6/h10,15H,9,11-13H2,1-8H3. The van der Waals surface area contributed by atoms with Gasteiger partial charge in [-0.05, 0) is 57.2 Å². The zero-order valence-electron chi connectivity index (χ0n) is 13.9. The molecule has 0 spiro atoms. The van der Waals surface area contributed by atoms with Gasteiger partial charge in [0.1, 0.15) is 0 Å². The Hall–Kier alpha value is -0.0831. The van der Waals surface area contributed by atoms with Crippen LogP contribution in [0.1, 0.15) is 60.8 Å². The molecule has 0 bridgehead atoms. The van der Waals surface area contributed by atoms with Crippen molar-refractivity contribution >= 4 is 8.32 Å². The van der Waals surface area contributed by atoms with Crippen LogP contribution in [0.25, 0.3) is 0 Å². The molecule has 1 nitrogen and oxygen atoms in total. The lowest BCUT2D eigenvalue weighted by atomic mass is 10.0. The van der Waals surface area contributed by atoms with Crippen LogP contribution in [0.4, 0.5) is 0 Å². The molecule has 0 heterocycles. The van der Waals surface area contributed by atoms with Crippen LogP contribution < -0.4 is 0 Å². The molecule has 1 atom stereocenters. The van der Waals surface area contributed by atoms with E-state index in [2.05, 4.69) is 60.7 Å². The summed E-state index contributed by atoms with van der Waals surface area (Å²) in [5.41, 5.74) is 1.43. The van der Waals surface area contributed by atoms with Crippen molar-refractivity contribution in [3.63, 3.8) is 0 Å². The van der Waals surface area contributed by atoms with Crippen LogP contribution >= 0.6 is 0 Å². The molecule has 0 radical (unpaired) electrons. The molecule has 0 amide bonds. The first-order valence-corrected chi connectivity index (χ1v) is 10.2. The highest BCUT2D eigenvalue weighted by atomic mass is 28.4. The van der Waals surface area contributed by atoms with Crippen LogP contribution in [0.5, 0.6) is 0 Å². The van der Waals surface area contributed by atoms with Gasteiger partial charge in [-0.1, -0.05) is 39.3 Å². The van der Waals surface area contributed by atoms with Crippen LogP contribution in [0.15, 0.2) is 11.6 Å². The Bertz CT molecular complexity index is 257. The van der Waals surface area contributed by atoms with Crippen LogP contribution in [-0.4, -0.2) is 14.9 Å². The average Bonchev–Trinajstić information content (AvgIpc) is 2.14. The molecule has 0 aromatic carbocycles. The predicted molar refractivity (Wildman–Crippen MR) is 85.6 cm³/mol. The van der Waals surface area contributed by atoms with E-state index in [1.54, 1.807) is 0 Å². The first kappa shape index (κ1) is 17.9. The Balaban J connectivity index is 3.88. The van der Waals surface area contributed by atoms with E-state index in [-0.39, 0.29) is 0 Å². The number of hydrogen-bond acceptors (Lipinski definition) is 1. The van der Waals surface area contributed by atoms with Gasteiger partial charge in [-0.2, -0.15) is 0 Å². The first-order valence-electron chi connectivity index (χ1n) is 7.33. The van der Waals surface area contributed by atoms with Crippen molar-refractivity contribution in [2.24, 2.45) is 5.92 Å². The minimum absolute atomic E-state index is 0.332. The minimum Gasteiger partial charge on any atom is -0.417 e. The van der Waals surface area contributed by atoms with Gasteiger partial charge in [-0.3, -0.25) is 0 Å². The summed E-state index contributed by atoms with van der Waals surface area (Å²) < 4.78 is 6.22. The molecule has 0 aromatic rings. The highest BCUT2D eigenvalue weighted by Crippen LogP contribution is 2.36. The van der Waals surface area contributed by atoms with E-state index in [9.17, 15) is 0 Å². The van der Waals surface area contributed by atoms with Gasteiger partial charge in [-0.25, -0.2) is 0 Å². The van der Waals surface area contributed by atoms with Crippen LogP contribution in [-0.2, 0) is 4.43 Å². The summed E-state index contributed by atoms with van der Waals surface area (Å²) in [5.74, 6) is 0.769. The summed E-state index contributed by atoms with van der Waals surface area (Å²) in [7, 11) is -1.53. The van der Waals surface area contributed by atoms with Crippen LogP contribution in [0.3, 0.4) is 0 Å². The smallest absolute Gasteiger partial charge is 0.191 e. The third-order valence-corrected chi connectivity index (χ3v) is 8.63. The van der Waals surface area contributed by atoms with Gasteiger partial charge in [0.05, 0.1) is 0 Å². The van der Waals surface area contributed by atoms with E-state index in [1.807, 2.05) is 0 Å². The number of hydrogen-bond donors (Lipinski definition) is 0. The summed E-state index contributed by atoms with van der Waals surface area (Å²) in [6.07, 6.45) is 6.03. The van der Waals surface area contributed by atoms with E-state index in [0.29, 0.717) is 5.04 Å². The van der Waals surface area contributed by atoms with E-state index in [4.69, 9.17) is 4.43 Å². The lowest BCUT2D eigenvalue weighted by Gasteiger charge is -2.36. The molecule has 1 unspecified atom stereocenters. The third kappa shape index (κ3) is 7.37. The Kier molecular flexibility index (Phi) is 7.46. The monoisotopic (exact) mass is 270 g/mol. The number of rotatable bonds is 7. The second kappa shape index (κ2) is 7.49. The fraction of sp³-hybridized carbons (Fsp3) is 0.875. The maximum absolute atomic E-state index is 6.22. The van der Waals surface area contributed by atoms with Crippen molar-refractivity contribution in [2.45, 2.75) is 78.9 Å². The van der Waals surface area contributed by atoms with Crippen molar-refractivity contribution < 1.29 is 4.43 Å². The maximum atomic E-state index is 6.22. The molecule has 0 N–H and O–H groups in total. The SMILES string of the molecule is CC(C)=CCCC(C)CCO[Si](C)(C)C(C)(C)C. The predicted octanol–water partition coefficient (Wildman–Crippen LogP) is 5.78. The summed E-state index contributed by atoms with van der Waals surface area (Å²) in [5, 5.41) is 0.332. The van der Waals surface area contributed by atoms with Gasteiger partial charge in [-0.15, -0.1) is 0 Å². The fourth-order valence-electron chi connectivity index (χ4n) is 1.53.